The Kier molecular flexibility index (Phi) is 5.26. The number of H-pyrrole nitrogens is 1. The van der Waals surface area contributed by atoms with Gasteiger partial charge < -0.3 is 15.0 Å². The average molecular weight is 512 g/mol. The molecule has 0 fully saturated rings. The molecule has 5 aromatic rings. The van der Waals surface area contributed by atoms with E-state index in [-0.39, 0.29) is 11.6 Å². The number of hydrogen-bond acceptors (Lipinski definition) is 8. The fourth-order valence-corrected chi connectivity index (χ4v) is 4.28. The number of carbonyl (C=O) groups excluding carboxylic acids is 1. The fourth-order valence-electron chi connectivity index (χ4n) is 4.28. The number of aromatic nitrogens is 6. The van der Waals surface area contributed by atoms with E-state index in [2.05, 4.69) is 40.4 Å². The maximum absolute atomic E-state index is 14.6. The minimum absolute atomic E-state index is 0.000475. The highest BCUT2D eigenvalue weighted by Gasteiger charge is 2.43. The smallest absolute Gasteiger partial charge is 0.435 e. The van der Waals surface area contributed by atoms with Gasteiger partial charge in [-0.3, -0.25) is 5.32 Å². The molecule has 37 heavy (non-hydrogen) atoms. The number of carbonyl (C=O) groups is 1. The Bertz CT molecular complexity index is 1660. The number of rotatable bonds is 4. The molecule has 4 aromatic heterocycles. The Morgan fingerprint density at radius 3 is 2.89 bits per heavy atom. The summed E-state index contributed by atoms with van der Waals surface area (Å²) in [6.45, 7) is 0.324. The van der Waals surface area contributed by atoms with E-state index in [0.29, 0.717) is 52.2 Å². The molecule has 1 aliphatic heterocycles. The molecule has 188 valence electrons. The number of alkyl halides is 3. The molecule has 0 aliphatic carbocycles. The van der Waals surface area contributed by atoms with Gasteiger partial charge in [-0.15, -0.1) is 0 Å². The van der Waals surface area contributed by atoms with Crippen LogP contribution in [0.15, 0.2) is 48.9 Å². The van der Waals surface area contributed by atoms with E-state index in [1.807, 2.05) is 0 Å². The monoisotopic (exact) mass is 512 g/mol. The Morgan fingerprint density at radius 1 is 1.19 bits per heavy atom. The molecule has 6 rings (SSSR count). The molecular weight excluding hydrogens is 496 g/mol. The number of hydrogen-bond donors (Lipinski definition) is 3. The number of fused-ring (bicyclic) bond motifs is 4. The fraction of sp³-hybridized carbons (Fsp3) is 0.174. The van der Waals surface area contributed by atoms with Crippen LogP contribution in [-0.4, -0.2) is 48.2 Å². The van der Waals surface area contributed by atoms with Crippen molar-refractivity contribution in [3.8, 4) is 11.4 Å². The Balaban J connectivity index is 1.31. The summed E-state index contributed by atoms with van der Waals surface area (Å²) in [6, 6.07) is 8.48. The third-order valence-corrected chi connectivity index (χ3v) is 5.86. The van der Waals surface area contributed by atoms with Crippen molar-refractivity contribution in [2.75, 3.05) is 11.9 Å². The summed E-state index contributed by atoms with van der Waals surface area (Å²) in [7, 11) is 0. The third kappa shape index (κ3) is 4.10. The van der Waals surface area contributed by atoms with Crippen molar-refractivity contribution in [1.82, 2.24) is 34.9 Å². The molecule has 0 amide bonds. The second kappa shape index (κ2) is 8.51. The standard InChI is InChI=1S/C23H16F4N8O2/c24-13-9-30-22(34-19(13)16-10-29-17-2-1-6-31-35(16)17)32-11-3-4-12-15(8-11)33-14-5-7-28-20(18(12)14)37-21(36)23(25,26)27/h1-4,6,8-10,20,28,33H,5,7H2,(H,30,32,34). The second-order valence-corrected chi connectivity index (χ2v) is 8.22. The molecular formula is C23H16F4N8O2. The van der Waals surface area contributed by atoms with Crippen molar-refractivity contribution in [3.63, 3.8) is 0 Å². The van der Waals surface area contributed by atoms with Crippen LogP contribution in [0.3, 0.4) is 0 Å². The molecule has 1 atom stereocenters. The van der Waals surface area contributed by atoms with Crippen LogP contribution in [0, 0.1) is 5.82 Å². The molecule has 14 heteroatoms. The molecule has 5 heterocycles. The third-order valence-electron chi connectivity index (χ3n) is 5.86. The van der Waals surface area contributed by atoms with Gasteiger partial charge in [0, 0.05) is 47.0 Å². The lowest BCUT2D eigenvalue weighted by Crippen LogP contribution is -2.36. The Morgan fingerprint density at radius 2 is 2.05 bits per heavy atom. The molecule has 1 aliphatic rings. The van der Waals surface area contributed by atoms with Crippen LogP contribution in [0.4, 0.5) is 29.2 Å². The van der Waals surface area contributed by atoms with E-state index >= 15 is 0 Å². The van der Waals surface area contributed by atoms with Crippen molar-refractivity contribution >= 4 is 34.2 Å². The van der Waals surface area contributed by atoms with E-state index in [4.69, 9.17) is 0 Å². The van der Waals surface area contributed by atoms with Crippen LogP contribution < -0.4 is 10.6 Å². The number of esters is 1. The quantitative estimate of drug-likeness (QED) is 0.246. The van der Waals surface area contributed by atoms with Crippen LogP contribution in [-0.2, 0) is 16.0 Å². The summed E-state index contributed by atoms with van der Waals surface area (Å²) in [4.78, 5) is 27.1. The van der Waals surface area contributed by atoms with E-state index in [1.54, 1.807) is 36.5 Å². The number of imidazole rings is 1. The van der Waals surface area contributed by atoms with Crippen LogP contribution >= 0.6 is 0 Å². The van der Waals surface area contributed by atoms with E-state index in [0.717, 1.165) is 6.20 Å². The van der Waals surface area contributed by atoms with Crippen molar-refractivity contribution in [1.29, 1.82) is 0 Å². The average Bonchev–Trinajstić information content (AvgIpc) is 3.46. The summed E-state index contributed by atoms with van der Waals surface area (Å²) in [5, 5.41) is 10.6. The lowest BCUT2D eigenvalue weighted by molar-refractivity contribution is -0.207. The number of anilines is 2. The molecule has 10 nitrogen and oxygen atoms in total. The van der Waals surface area contributed by atoms with Crippen molar-refractivity contribution < 1.29 is 27.1 Å². The van der Waals surface area contributed by atoms with Gasteiger partial charge in [0.05, 0.1) is 12.4 Å². The van der Waals surface area contributed by atoms with Gasteiger partial charge in [-0.1, -0.05) is 6.07 Å². The van der Waals surface area contributed by atoms with Crippen LogP contribution in [0.1, 0.15) is 17.5 Å². The Hall–Kier alpha value is -4.59. The number of ether oxygens (including phenoxy) is 1. The van der Waals surface area contributed by atoms with Crippen molar-refractivity contribution in [2.45, 2.75) is 18.8 Å². The summed E-state index contributed by atoms with van der Waals surface area (Å²) in [6.07, 6.45) is -1.80. The van der Waals surface area contributed by atoms with Gasteiger partial charge in [-0.25, -0.2) is 28.7 Å². The topological polar surface area (TPSA) is 122 Å². The minimum atomic E-state index is -5.10. The number of nitrogens with zero attached hydrogens (tertiary/aromatic N) is 5. The first-order valence-electron chi connectivity index (χ1n) is 11.0. The van der Waals surface area contributed by atoms with Gasteiger partial charge in [0.25, 0.3) is 0 Å². The molecule has 0 saturated heterocycles. The second-order valence-electron chi connectivity index (χ2n) is 8.22. The maximum atomic E-state index is 14.6. The van der Waals surface area contributed by atoms with Gasteiger partial charge in [0.1, 0.15) is 11.4 Å². The van der Waals surface area contributed by atoms with Gasteiger partial charge in [0.2, 0.25) is 5.95 Å². The van der Waals surface area contributed by atoms with E-state index < -0.39 is 24.2 Å². The van der Waals surface area contributed by atoms with Gasteiger partial charge >= 0.3 is 12.1 Å². The highest BCUT2D eigenvalue weighted by molar-refractivity contribution is 5.89. The van der Waals surface area contributed by atoms with Crippen molar-refractivity contribution in [3.05, 3.63) is 66.0 Å². The van der Waals surface area contributed by atoms with Gasteiger partial charge in [-0.2, -0.15) is 18.3 Å². The highest BCUT2D eigenvalue weighted by atomic mass is 19.4. The molecule has 0 saturated carbocycles. The Labute approximate surface area is 204 Å². The molecule has 3 N–H and O–H groups in total. The normalized spacial score (nSPS) is 15.6. The zero-order valence-electron chi connectivity index (χ0n) is 18.7. The van der Waals surface area contributed by atoms with Crippen LogP contribution in [0.25, 0.3) is 27.9 Å². The van der Waals surface area contributed by atoms with E-state index in [1.165, 1.54) is 10.7 Å². The van der Waals surface area contributed by atoms with Gasteiger partial charge in [0.15, 0.2) is 17.7 Å². The van der Waals surface area contributed by atoms with Crippen molar-refractivity contribution in [2.24, 2.45) is 0 Å². The van der Waals surface area contributed by atoms with Gasteiger partial charge in [-0.05, 0) is 24.3 Å². The summed E-state index contributed by atoms with van der Waals surface area (Å²) in [5.74, 6) is -2.81. The number of halogens is 4. The predicted molar refractivity (Wildman–Crippen MR) is 122 cm³/mol. The minimum Gasteiger partial charge on any atom is -0.435 e. The molecule has 0 spiro atoms. The zero-order valence-corrected chi connectivity index (χ0v) is 18.7. The highest BCUT2D eigenvalue weighted by Crippen LogP contribution is 2.35. The summed E-state index contributed by atoms with van der Waals surface area (Å²) in [5.41, 5.74) is 3.10. The molecule has 1 unspecified atom stereocenters. The first-order chi connectivity index (χ1) is 17.8. The zero-order chi connectivity index (χ0) is 25.7. The number of aromatic amines is 1. The SMILES string of the molecule is O=C(OC1NCCc2[nH]c3cc(Nc4ncc(F)c(-c5cnc6cccnn56)n4)ccc3c21)C(F)(F)F. The lowest BCUT2D eigenvalue weighted by atomic mass is 10.0. The maximum Gasteiger partial charge on any atom is 0.490 e. The number of benzene rings is 1. The number of nitrogens with one attached hydrogen (secondary N) is 3. The summed E-state index contributed by atoms with van der Waals surface area (Å²) >= 11 is 0. The first kappa shape index (κ1) is 22.8. The molecule has 0 radical (unpaired) electrons. The van der Waals surface area contributed by atoms with Crippen LogP contribution in [0.2, 0.25) is 0 Å². The summed E-state index contributed by atoms with van der Waals surface area (Å²) < 4.78 is 59.0. The molecule has 0 bridgehead atoms. The lowest BCUT2D eigenvalue weighted by Gasteiger charge is -2.25. The largest absolute Gasteiger partial charge is 0.490 e. The molecule has 1 aromatic carbocycles. The first-order valence-corrected chi connectivity index (χ1v) is 11.0. The predicted octanol–water partition coefficient (Wildman–Crippen LogP) is 3.80. The van der Waals surface area contributed by atoms with E-state index in [9.17, 15) is 22.4 Å². The van der Waals surface area contributed by atoms with Crippen LogP contribution in [0.5, 0.6) is 0 Å².